The lowest BCUT2D eigenvalue weighted by atomic mass is 10.1. The molecule has 11 heteroatoms. The first-order valence-electron chi connectivity index (χ1n) is 9.69. The Bertz CT molecular complexity index is 1100. The summed E-state index contributed by atoms with van der Waals surface area (Å²) in [7, 11) is -3.91. The fourth-order valence-electron chi connectivity index (χ4n) is 2.99. The fourth-order valence-corrected chi connectivity index (χ4v) is 4.47. The van der Waals surface area contributed by atoms with Crippen LogP contribution in [0.3, 0.4) is 0 Å². The Labute approximate surface area is 203 Å². The van der Waals surface area contributed by atoms with E-state index in [0.717, 1.165) is 10.6 Å². The van der Waals surface area contributed by atoms with Crippen LogP contribution < -0.4 is 9.62 Å². The predicted octanol–water partition coefficient (Wildman–Crippen LogP) is 3.97. The number of rotatable bonds is 9. The van der Waals surface area contributed by atoms with E-state index in [1.54, 1.807) is 38.1 Å². The van der Waals surface area contributed by atoms with Gasteiger partial charge in [0.1, 0.15) is 12.6 Å². The molecule has 0 saturated carbocycles. The summed E-state index contributed by atoms with van der Waals surface area (Å²) in [6.07, 6.45) is 0.961. The standard InChI is InChI=1S/C21H24Cl3N3O4S/c1-4-25-21(29)14(2)26(12-15-7-5-6-8-17(15)23)20(28)13-27(32(3,30)31)19-11-16(22)9-10-18(19)24/h5-11,14H,4,12-13H2,1-3H3,(H,25,29)/t14-/m1/s1. The van der Waals surface area contributed by atoms with Crippen molar-refractivity contribution in [3.8, 4) is 0 Å². The first kappa shape index (κ1) is 26.3. The average Bonchev–Trinajstić information content (AvgIpc) is 2.72. The van der Waals surface area contributed by atoms with Crippen LogP contribution in [-0.4, -0.2) is 50.5 Å². The van der Waals surface area contributed by atoms with Crippen LogP contribution in [0.4, 0.5) is 5.69 Å². The van der Waals surface area contributed by atoms with Crippen LogP contribution in [0, 0.1) is 0 Å². The molecule has 0 saturated heterocycles. The number of hydrogen-bond acceptors (Lipinski definition) is 4. The molecule has 2 rings (SSSR count). The summed E-state index contributed by atoms with van der Waals surface area (Å²) < 4.78 is 25.9. The van der Waals surface area contributed by atoms with Crippen molar-refractivity contribution < 1.29 is 18.0 Å². The van der Waals surface area contributed by atoms with E-state index in [4.69, 9.17) is 34.8 Å². The van der Waals surface area contributed by atoms with Crippen molar-refractivity contribution in [2.24, 2.45) is 0 Å². The van der Waals surface area contributed by atoms with Crippen molar-refractivity contribution >= 4 is 62.3 Å². The molecule has 0 aromatic heterocycles. The van der Waals surface area contributed by atoms with Crippen LogP contribution in [-0.2, 0) is 26.2 Å². The molecule has 2 aromatic rings. The van der Waals surface area contributed by atoms with Gasteiger partial charge in [-0.15, -0.1) is 0 Å². The van der Waals surface area contributed by atoms with E-state index in [1.165, 1.54) is 23.1 Å². The van der Waals surface area contributed by atoms with E-state index in [9.17, 15) is 18.0 Å². The minimum absolute atomic E-state index is 0.0116. The largest absolute Gasteiger partial charge is 0.355 e. The van der Waals surface area contributed by atoms with E-state index in [1.807, 2.05) is 0 Å². The van der Waals surface area contributed by atoms with Crippen molar-refractivity contribution in [2.45, 2.75) is 26.4 Å². The SMILES string of the molecule is CCNC(=O)[C@@H](C)N(Cc1ccccc1Cl)C(=O)CN(c1cc(Cl)ccc1Cl)S(C)(=O)=O. The number of likely N-dealkylation sites (N-methyl/N-ethyl adjacent to an activating group) is 1. The molecular formula is C21H24Cl3N3O4S. The van der Waals surface area contributed by atoms with Gasteiger partial charge >= 0.3 is 0 Å². The highest BCUT2D eigenvalue weighted by molar-refractivity contribution is 7.92. The number of benzene rings is 2. The van der Waals surface area contributed by atoms with Crippen molar-refractivity contribution in [1.82, 2.24) is 10.2 Å². The second-order valence-electron chi connectivity index (χ2n) is 7.05. The zero-order valence-electron chi connectivity index (χ0n) is 17.8. The molecule has 7 nitrogen and oxygen atoms in total. The molecule has 0 fully saturated rings. The number of nitrogens with one attached hydrogen (secondary N) is 1. The summed E-state index contributed by atoms with van der Waals surface area (Å²) in [5.74, 6) is -0.982. The maximum absolute atomic E-state index is 13.4. The molecule has 0 spiro atoms. The number of amides is 2. The summed E-state index contributed by atoms with van der Waals surface area (Å²) in [5, 5.41) is 3.47. The first-order valence-corrected chi connectivity index (χ1v) is 12.7. The average molecular weight is 521 g/mol. The Kier molecular flexibility index (Phi) is 9.21. The molecular weight excluding hydrogens is 497 g/mol. The molecule has 2 aromatic carbocycles. The third-order valence-corrected chi connectivity index (χ3v) is 6.72. The topological polar surface area (TPSA) is 86.8 Å². The van der Waals surface area contributed by atoms with Gasteiger partial charge in [0.25, 0.3) is 0 Å². The lowest BCUT2D eigenvalue weighted by Crippen LogP contribution is -2.51. The van der Waals surface area contributed by atoms with Gasteiger partial charge in [0.2, 0.25) is 21.8 Å². The van der Waals surface area contributed by atoms with E-state index in [2.05, 4.69) is 5.32 Å². The van der Waals surface area contributed by atoms with Gasteiger partial charge in [-0.2, -0.15) is 0 Å². The molecule has 0 bridgehead atoms. The van der Waals surface area contributed by atoms with Crippen molar-refractivity contribution in [2.75, 3.05) is 23.7 Å². The number of sulfonamides is 1. The van der Waals surface area contributed by atoms with Gasteiger partial charge in [-0.3, -0.25) is 13.9 Å². The van der Waals surface area contributed by atoms with Gasteiger partial charge in [0, 0.05) is 23.1 Å². The number of halogens is 3. The Morgan fingerprint density at radius 3 is 2.31 bits per heavy atom. The Hall–Kier alpha value is -2.00. The lowest BCUT2D eigenvalue weighted by molar-refractivity contribution is -0.139. The maximum Gasteiger partial charge on any atom is 0.244 e. The molecule has 2 amide bonds. The summed E-state index contributed by atoms with van der Waals surface area (Å²) >= 11 is 18.5. The van der Waals surface area contributed by atoms with Gasteiger partial charge in [-0.05, 0) is 43.7 Å². The minimum atomic E-state index is -3.91. The molecule has 0 heterocycles. The Morgan fingerprint density at radius 2 is 1.72 bits per heavy atom. The molecule has 0 aliphatic carbocycles. The van der Waals surface area contributed by atoms with Crippen molar-refractivity contribution in [3.05, 3.63) is 63.1 Å². The highest BCUT2D eigenvalue weighted by Gasteiger charge is 2.31. The number of anilines is 1. The number of carbonyl (C=O) groups is 2. The van der Waals surface area contributed by atoms with Gasteiger partial charge in [-0.25, -0.2) is 8.42 Å². The van der Waals surface area contributed by atoms with Crippen LogP contribution in [0.2, 0.25) is 15.1 Å². The van der Waals surface area contributed by atoms with Crippen LogP contribution in [0.5, 0.6) is 0 Å². The third kappa shape index (κ3) is 6.75. The van der Waals surface area contributed by atoms with Crippen LogP contribution >= 0.6 is 34.8 Å². The summed E-state index contributed by atoms with van der Waals surface area (Å²) in [6.45, 7) is 3.14. The minimum Gasteiger partial charge on any atom is -0.355 e. The quantitative estimate of drug-likeness (QED) is 0.542. The molecule has 32 heavy (non-hydrogen) atoms. The summed E-state index contributed by atoms with van der Waals surface area (Å²) in [5.41, 5.74) is 0.684. The zero-order chi connectivity index (χ0) is 24.1. The smallest absolute Gasteiger partial charge is 0.244 e. The Morgan fingerprint density at radius 1 is 1.06 bits per heavy atom. The fraction of sp³-hybridized carbons (Fsp3) is 0.333. The lowest BCUT2D eigenvalue weighted by Gasteiger charge is -2.31. The highest BCUT2D eigenvalue weighted by Crippen LogP contribution is 2.31. The van der Waals surface area contributed by atoms with Gasteiger partial charge in [0.05, 0.1) is 17.0 Å². The van der Waals surface area contributed by atoms with E-state index < -0.39 is 28.5 Å². The van der Waals surface area contributed by atoms with Gasteiger partial charge in [-0.1, -0.05) is 53.0 Å². The molecule has 0 aliphatic rings. The molecule has 1 atom stereocenters. The van der Waals surface area contributed by atoms with Gasteiger partial charge in [0.15, 0.2) is 0 Å². The molecule has 0 aliphatic heterocycles. The number of nitrogens with zero attached hydrogens (tertiary/aromatic N) is 2. The third-order valence-electron chi connectivity index (χ3n) is 4.67. The second kappa shape index (κ2) is 11.2. The van der Waals surface area contributed by atoms with E-state index >= 15 is 0 Å². The summed E-state index contributed by atoms with van der Waals surface area (Å²) in [6, 6.07) is 10.4. The number of hydrogen-bond donors (Lipinski definition) is 1. The second-order valence-corrected chi connectivity index (χ2v) is 10.2. The molecule has 174 valence electrons. The molecule has 0 radical (unpaired) electrons. The van der Waals surface area contributed by atoms with Crippen molar-refractivity contribution in [3.63, 3.8) is 0 Å². The molecule has 1 N–H and O–H groups in total. The van der Waals surface area contributed by atoms with Crippen molar-refractivity contribution in [1.29, 1.82) is 0 Å². The van der Waals surface area contributed by atoms with E-state index in [0.29, 0.717) is 17.1 Å². The normalized spacial score (nSPS) is 12.2. The van der Waals surface area contributed by atoms with Gasteiger partial charge < -0.3 is 10.2 Å². The monoisotopic (exact) mass is 519 g/mol. The summed E-state index contributed by atoms with van der Waals surface area (Å²) in [4.78, 5) is 27.1. The highest BCUT2D eigenvalue weighted by atomic mass is 35.5. The Balaban J connectivity index is 2.45. The van der Waals surface area contributed by atoms with Crippen LogP contribution in [0.15, 0.2) is 42.5 Å². The van der Waals surface area contributed by atoms with Crippen LogP contribution in [0.25, 0.3) is 0 Å². The maximum atomic E-state index is 13.4. The van der Waals surface area contributed by atoms with E-state index in [-0.39, 0.29) is 28.2 Å². The number of carbonyl (C=O) groups excluding carboxylic acids is 2. The molecule has 0 unspecified atom stereocenters. The first-order chi connectivity index (χ1) is 15.0. The predicted molar refractivity (Wildman–Crippen MR) is 129 cm³/mol. The zero-order valence-corrected chi connectivity index (χ0v) is 20.9. The van der Waals surface area contributed by atoms with Crippen LogP contribution in [0.1, 0.15) is 19.4 Å².